The van der Waals surface area contributed by atoms with Crippen LogP contribution in [0.3, 0.4) is 0 Å². The number of aromatic nitrogens is 5. The Balaban J connectivity index is 2.40. The van der Waals surface area contributed by atoms with Crippen molar-refractivity contribution in [2.75, 3.05) is 0 Å². The van der Waals surface area contributed by atoms with Gasteiger partial charge in [-0.3, -0.25) is 9.25 Å². The van der Waals surface area contributed by atoms with Gasteiger partial charge in [0.05, 0.1) is 0 Å². The molecule has 0 bridgehead atoms. The second-order valence-electron chi connectivity index (χ2n) is 3.39. The number of sulfonamides is 1. The van der Waals surface area contributed by atoms with Crippen molar-refractivity contribution in [3.05, 3.63) is 24.3 Å². The SMILES string of the molecule is CCn1c(Cn2cccn2)nnc1S(N)(=O)=O. The predicted octanol–water partition coefficient (Wildman–Crippen LogP) is -0.810. The number of hydrogen-bond acceptors (Lipinski definition) is 5. The first kappa shape index (κ1) is 11.7. The van der Waals surface area contributed by atoms with Crippen molar-refractivity contribution in [3.8, 4) is 0 Å². The highest BCUT2D eigenvalue weighted by Gasteiger charge is 2.20. The van der Waals surface area contributed by atoms with Crippen LogP contribution in [0.15, 0.2) is 23.6 Å². The molecule has 0 aromatic carbocycles. The number of primary sulfonamides is 1. The van der Waals surface area contributed by atoms with Crippen molar-refractivity contribution in [3.63, 3.8) is 0 Å². The lowest BCUT2D eigenvalue weighted by Crippen LogP contribution is -2.19. The van der Waals surface area contributed by atoms with Gasteiger partial charge in [-0.05, 0) is 13.0 Å². The third-order valence-electron chi connectivity index (χ3n) is 2.23. The Kier molecular flexibility index (Phi) is 2.94. The van der Waals surface area contributed by atoms with Gasteiger partial charge in [-0.1, -0.05) is 0 Å². The van der Waals surface area contributed by atoms with Crippen molar-refractivity contribution < 1.29 is 8.42 Å². The Bertz CT molecular complexity index is 600. The zero-order valence-corrected chi connectivity index (χ0v) is 10.0. The first-order valence-corrected chi connectivity index (χ1v) is 6.49. The van der Waals surface area contributed by atoms with Gasteiger partial charge in [0.1, 0.15) is 6.54 Å². The van der Waals surface area contributed by atoms with E-state index in [0.717, 1.165) is 0 Å². The largest absolute Gasteiger partial charge is 0.299 e. The second-order valence-corrected chi connectivity index (χ2v) is 4.85. The third kappa shape index (κ3) is 2.34. The normalized spacial score (nSPS) is 11.9. The molecule has 9 heteroatoms. The lowest BCUT2D eigenvalue weighted by molar-refractivity contribution is 0.552. The Hall–Kier alpha value is -1.74. The summed E-state index contributed by atoms with van der Waals surface area (Å²) in [5.74, 6) is 0.500. The minimum absolute atomic E-state index is 0.220. The maximum Gasteiger partial charge on any atom is 0.273 e. The molecule has 0 radical (unpaired) electrons. The highest BCUT2D eigenvalue weighted by molar-refractivity contribution is 7.89. The predicted molar refractivity (Wildman–Crippen MR) is 58.4 cm³/mol. The summed E-state index contributed by atoms with van der Waals surface area (Å²) in [7, 11) is -3.84. The van der Waals surface area contributed by atoms with Crippen LogP contribution in [0.1, 0.15) is 12.7 Å². The number of nitrogens with two attached hydrogens (primary N) is 1. The van der Waals surface area contributed by atoms with Gasteiger partial charge in [-0.25, -0.2) is 13.6 Å². The quantitative estimate of drug-likeness (QED) is 0.769. The van der Waals surface area contributed by atoms with Gasteiger partial charge in [0.25, 0.3) is 15.2 Å². The topological polar surface area (TPSA) is 109 Å². The molecule has 0 aliphatic carbocycles. The molecule has 0 fully saturated rings. The third-order valence-corrected chi connectivity index (χ3v) is 3.04. The highest BCUT2D eigenvalue weighted by Crippen LogP contribution is 2.08. The van der Waals surface area contributed by atoms with E-state index >= 15 is 0 Å². The van der Waals surface area contributed by atoms with Crippen molar-refractivity contribution in [1.82, 2.24) is 24.5 Å². The minimum Gasteiger partial charge on any atom is -0.299 e. The van der Waals surface area contributed by atoms with E-state index in [1.54, 1.807) is 30.1 Å². The molecule has 2 aromatic heterocycles. The molecule has 0 saturated carbocycles. The fourth-order valence-corrected chi connectivity index (χ4v) is 2.20. The summed E-state index contributed by atoms with van der Waals surface area (Å²) in [6.45, 7) is 2.57. The molecular weight excluding hydrogens is 244 g/mol. The van der Waals surface area contributed by atoms with E-state index in [1.807, 2.05) is 0 Å². The van der Waals surface area contributed by atoms with Crippen LogP contribution in [-0.4, -0.2) is 33.0 Å². The highest BCUT2D eigenvalue weighted by atomic mass is 32.2. The standard InChI is InChI=1S/C8H12N6O2S/c1-2-14-7(6-13-5-3-4-10-13)11-12-8(14)17(9,15)16/h3-5H,2,6H2,1H3,(H2,9,15,16). The minimum atomic E-state index is -3.84. The van der Waals surface area contributed by atoms with Crippen LogP contribution in [0.2, 0.25) is 0 Å². The maximum absolute atomic E-state index is 11.3. The molecule has 92 valence electrons. The molecule has 2 aromatic rings. The van der Waals surface area contributed by atoms with E-state index in [-0.39, 0.29) is 5.16 Å². The molecule has 0 spiro atoms. The molecule has 0 amide bonds. The van der Waals surface area contributed by atoms with Crippen molar-refractivity contribution in [2.45, 2.75) is 25.2 Å². The van der Waals surface area contributed by atoms with Gasteiger partial charge in [-0.2, -0.15) is 5.10 Å². The van der Waals surface area contributed by atoms with Crippen LogP contribution in [0, 0.1) is 0 Å². The van der Waals surface area contributed by atoms with Crippen molar-refractivity contribution >= 4 is 10.0 Å². The summed E-state index contributed by atoms with van der Waals surface area (Å²) in [6.07, 6.45) is 3.39. The second kappa shape index (κ2) is 4.26. The lowest BCUT2D eigenvalue weighted by Gasteiger charge is -2.05. The zero-order valence-electron chi connectivity index (χ0n) is 9.18. The number of nitrogens with zero attached hydrogens (tertiary/aromatic N) is 5. The van der Waals surface area contributed by atoms with Gasteiger partial charge < -0.3 is 0 Å². The first-order valence-electron chi connectivity index (χ1n) is 4.94. The molecule has 0 saturated heterocycles. The molecule has 2 rings (SSSR count). The van der Waals surface area contributed by atoms with E-state index < -0.39 is 10.0 Å². The Labute approximate surface area is 98.1 Å². The van der Waals surface area contributed by atoms with Gasteiger partial charge in [0.15, 0.2) is 5.82 Å². The summed E-state index contributed by atoms with van der Waals surface area (Å²) in [4.78, 5) is 0. The number of hydrogen-bond donors (Lipinski definition) is 1. The maximum atomic E-state index is 11.3. The van der Waals surface area contributed by atoms with Gasteiger partial charge in [-0.15, -0.1) is 10.2 Å². The fraction of sp³-hybridized carbons (Fsp3) is 0.375. The fourth-order valence-electron chi connectivity index (χ4n) is 1.50. The molecular formula is C8H12N6O2S. The van der Waals surface area contributed by atoms with E-state index in [2.05, 4.69) is 15.3 Å². The van der Waals surface area contributed by atoms with Crippen LogP contribution in [-0.2, 0) is 23.1 Å². The van der Waals surface area contributed by atoms with Crippen LogP contribution in [0.5, 0.6) is 0 Å². The van der Waals surface area contributed by atoms with Crippen LogP contribution in [0.25, 0.3) is 0 Å². The van der Waals surface area contributed by atoms with E-state index in [0.29, 0.717) is 18.9 Å². The van der Waals surface area contributed by atoms with E-state index in [1.165, 1.54) is 4.57 Å². The average molecular weight is 256 g/mol. The zero-order chi connectivity index (χ0) is 12.5. The number of rotatable bonds is 4. The molecule has 2 N–H and O–H groups in total. The smallest absolute Gasteiger partial charge is 0.273 e. The molecule has 0 aliphatic rings. The average Bonchev–Trinajstić information content (AvgIpc) is 2.85. The monoisotopic (exact) mass is 256 g/mol. The van der Waals surface area contributed by atoms with Crippen LogP contribution in [0.4, 0.5) is 0 Å². The Morgan fingerprint density at radius 1 is 1.41 bits per heavy atom. The molecule has 0 aliphatic heterocycles. The van der Waals surface area contributed by atoms with Crippen LogP contribution >= 0.6 is 0 Å². The summed E-state index contributed by atoms with van der Waals surface area (Å²) in [6, 6.07) is 1.77. The van der Waals surface area contributed by atoms with Crippen molar-refractivity contribution in [2.24, 2.45) is 5.14 Å². The van der Waals surface area contributed by atoms with Crippen LogP contribution < -0.4 is 5.14 Å². The Morgan fingerprint density at radius 2 is 2.18 bits per heavy atom. The molecule has 17 heavy (non-hydrogen) atoms. The molecule has 8 nitrogen and oxygen atoms in total. The summed E-state index contributed by atoms with van der Waals surface area (Å²) >= 11 is 0. The van der Waals surface area contributed by atoms with E-state index in [4.69, 9.17) is 5.14 Å². The molecule has 0 atom stereocenters. The Morgan fingerprint density at radius 3 is 2.71 bits per heavy atom. The summed E-state index contributed by atoms with van der Waals surface area (Å²) < 4.78 is 25.6. The summed E-state index contributed by atoms with van der Waals surface area (Å²) in [5, 5.41) is 16.3. The van der Waals surface area contributed by atoms with E-state index in [9.17, 15) is 8.42 Å². The van der Waals surface area contributed by atoms with Crippen molar-refractivity contribution in [1.29, 1.82) is 0 Å². The molecule has 0 unspecified atom stereocenters. The lowest BCUT2D eigenvalue weighted by atomic mass is 10.5. The van der Waals surface area contributed by atoms with Gasteiger partial charge in [0.2, 0.25) is 0 Å². The molecule has 2 heterocycles. The summed E-state index contributed by atoms with van der Waals surface area (Å²) in [5.41, 5.74) is 0. The van der Waals surface area contributed by atoms with Gasteiger partial charge in [0, 0.05) is 18.9 Å². The van der Waals surface area contributed by atoms with Gasteiger partial charge >= 0.3 is 0 Å². The first-order chi connectivity index (χ1) is 8.02.